The van der Waals surface area contributed by atoms with Crippen LogP contribution < -0.4 is 4.90 Å². The van der Waals surface area contributed by atoms with Crippen LogP contribution in [0.25, 0.3) is 0 Å². The topological polar surface area (TPSA) is 106 Å². The summed E-state index contributed by atoms with van der Waals surface area (Å²) in [6.45, 7) is 4.67. The molecular weight excluding hydrogens is 266 g/mol. The number of carboxylic acids is 1. The van der Waals surface area contributed by atoms with Crippen LogP contribution >= 0.6 is 0 Å². The molecule has 2 rings (SSSR count). The van der Waals surface area contributed by atoms with Crippen LogP contribution in [0.2, 0.25) is 0 Å². The number of anilines is 1. The third-order valence-electron chi connectivity index (χ3n) is 3.17. The Bertz CT molecular complexity index is 548. The van der Waals surface area contributed by atoms with Gasteiger partial charge in [0.25, 0.3) is 0 Å². The van der Waals surface area contributed by atoms with Gasteiger partial charge in [0, 0.05) is 18.8 Å². The van der Waals surface area contributed by atoms with Gasteiger partial charge in [0.15, 0.2) is 0 Å². The lowest BCUT2D eigenvalue weighted by Crippen LogP contribution is -2.48. The second-order valence-electron chi connectivity index (χ2n) is 4.77. The van der Waals surface area contributed by atoms with Crippen LogP contribution in [0.4, 0.5) is 11.5 Å². The molecule has 1 aromatic heterocycles. The number of nitrogens with zero attached hydrogens (tertiary/aromatic N) is 3. The van der Waals surface area contributed by atoms with Gasteiger partial charge in [-0.3, -0.25) is 10.1 Å². The van der Waals surface area contributed by atoms with E-state index in [2.05, 4.69) is 4.98 Å². The Balaban J connectivity index is 2.44. The fourth-order valence-electron chi connectivity index (χ4n) is 2.12. The maximum atomic E-state index is 11.1. The van der Waals surface area contributed by atoms with E-state index in [9.17, 15) is 14.9 Å². The van der Waals surface area contributed by atoms with Gasteiger partial charge in [0.1, 0.15) is 0 Å². The minimum atomic E-state index is -1.24. The van der Waals surface area contributed by atoms with E-state index in [4.69, 9.17) is 9.84 Å². The number of carboxylic acid groups (broad SMARTS) is 1. The normalized spacial score (nSPS) is 22.6. The first-order chi connectivity index (χ1) is 9.40. The minimum Gasteiger partial charge on any atom is -0.478 e. The number of pyridine rings is 1. The molecule has 0 aliphatic carbocycles. The van der Waals surface area contributed by atoms with Crippen molar-refractivity contribution in [3.63, 3.8) is 0 Å². The zero-order valence-corrected chi connectivity index (χ0v) is 11.1. The lowest BCUT2D eigenvalue weighted by atomic mass is 10.2. The number of ether oxygens (including phenoxy) is 1. The van der Waals surface area contributed by atoms with Crippen molar-refractivity contribution in [2.45, 2.75) is 26.0 Å². The second kappa shape index (κ2) is 5.41. The maximum absolute atomic E-state index is 11.1. The third kappa shape index (κ3) is 2.69. The Kier molecular flexibility index (Phi) is 3.84. The highest BCUT2D eigenvalue weighted by Gasteiger charge is 2.30. The monoisotopic (exact) mass is 281 g/mol. The van der Waals surface area contributed by atoms with E-state index >= 15 is 0 Å². The number of hydrogen-bond donors (Lipinski definition) is 1. The van der Waals surface area contributed by atoms with Crippen LogP contribution in [0, 0.1) is 10.1 Å². The predicted octanol–water partition coefficient (Wildman–Crippen LogP) is 1.30. The Labute approximate surface area is 115 Å². The summed E-state index contributed by atoms with van der Waals surface area (Å²) in [6, 6.07) is 0.977. The van der Waals surface area contributed by atoms with Gasteiger partial charge in [0.05, 0.1) is 29.2 Å². The lowest BCUT2D eigenvalue weighted by molar-refractivity contribution is -0.384. The number of carbonyl (C=O) groups is 1. The molecule has 0 amide bonds. The Hall–Kier alpha value is -2.22. The van der Waals surface area contributed by atoms with Crippen molar-refractivity contribution >= 4 is 17.5 Å². The first kappa shape index (κ1) is 14.2. The zero-order chi connectivity index (χ0) is 14.9. The summed E-state index contributed by atoms with van der Waals surface area (Å²) in [5.74, 6) is -1.06. The van der Waals surface area contributed by atoms with Gasteiger partial charge in [-0.05, 0) is 13.8 Å². The van der Waals surface area contributed by atoms with Gasteiger partial charge in [-0.2, -0.15) is 0 Å². The maximum Gasteiger partial charge on any atom is 0.337 e. The molecule has 0 aromatic carbocycles. The van der Waals surface area contributed by atoms with Crippen LogP contribution in [0.15, 0.2) is 12.3 Å². The fourth-order valence-corrected chi connectivity index (χ4v) is 2.12. The van der Waals surface area contributed by atoms with Crippen molar-refractivity contribution < 1.29 is 19.6 Å². The summed E-state index contributed by atoms with van der Waals surface area (Å²) in [6.07, 6.45) is 1.07. The first-order valence-electron chi connectivity index (χ1n) is 6.16. The molecule has 20 heavy (non-hydrogen) atoms. The van der Waals surface area contributed by atoms with Crippen molar-refractivity contribution in [2.24, 2.45) is 0 Å². The predicted molar refractivity (Wildman–Crippen MR) is 70.1 cm³/mol. The van der Waals surface area contributed by atoms with Crippen LogP contribution in [0.1, 0.15) is 24.2 Å². The van der Waals surface area contributed by atoms with Crippen molar-refractivity contribution in [3.8, 4) is 0 Å². The lowest BCUT2D eigenvalue weighted by Gasteiger charge is -2.37. The van der Waals surface area contributed by atoms with Gasteiger partial charge in [-0.15, -0.1) is 0 Å². The summed E-state index contributed by atoms with van der Waals surface area (Å²) in [5.41, 5.74) is -0.500. The van der Waals surface area contributed by atoms with Crippen molar-refractivity contribution in [1.29, 1.82) is 0 Å². The molecule has 2 heterocycles. The number of hydrogen-bond acceptors (Lipinski definition) is 6. The highest BCUT2D eigenvalue weighted by atomic mass is 16.6. The number of aromatic nitrogens is 1. The molecule has 1 aliphatic rings. The third-order valence-corrected chi connectivity index (χ3v) is 3.17. The van der Waals surface area contributed by atoms with Crippen molar-refractivity contribution in [3.05, 3.63) is 27.9 Å². The quantitative estimate of drug-likeness (QED) is 0.657. The molecule has 8 heteroatoms. The summed E-state index contributed by atoms with van der Waals surface area (Å²) in [7, 11) is 0. The fraction of sp³-hybridized carbons (Fsp3) is 0.500. The van der Waals surface area contributed by atoms with E-state index in [0.29, 0.717) is 13.2 Å². The number of nitro groups is 1. The molecule has 8 nitrogen and oxygen atoms in total. The summed E-state index contributed by atoms with van der Waals surface area (Å²) in [5, 5.41) is 20.0. The van der Waals surface area contributed by atoms with Gasteiger partial charge in [0.2, 0.25) is 5.82 Å². The average molecular weight is 281 g/mol. The standard InChI is InChI=1S/C12H15N3O5/c1-7-6-20-8(2)5-14(7)11-10(15(18)19)3-9(4-13-11)12(16)17/h3-4,7-8H,5-6H2,1-2H3,(H,16,17). The molecule has 1 fully saturated rings. The number of aromatic carboxylic acids is 1. The second-order valence-corrected chi connectivity index (χ2v) is 4.77. The summed E-state index contributed by atoms with van der Waals surface area (Å²) >= 11 is 0. The molecule has 0 spiro atoms. The summed E-state index contributed by atoms with van der Waals surface area (Å²) < 4.78 is 5.47. The van der Waals surface area contributed by atoms with E-state index in [1.54, 1.807) is 4.90 Å². The molecule has 1 N–H and O–H groups in total. The van der Waals surface area contributed by atoms with Gasteiger partial charge in [-0.1, -0.05) is 0 Å². The highest BCUT2D eigenvalue weighted by molar-refractivity contribution is 5.88. The summed E-state index contributed by atoms with van der Waals surface area (Å²) in [4.78, 5) is 27.2. The van der Waals surface area contributed by atoms with E-state index in [1.807, 2.05) is 13.8 Å². The van der Waals surface area contributed by atoms with E-state index < -0.39 is 10.9 Å². The molecule has 0 bridgehead atoms. The van der Waals surface area contributed by atoms with E-state index in [0.717, 1.165) is 12.3 Å². The zero-order valence-electron chi connectivity index (χ0n) is 11.1. The average Bonchev–Trinajstić information content (AvgIpc) is 2.40. The number of rotatable bonds is 3. The number of morpholine rings is 1. The van der Waals surface area contributed by atoms with E-state index in [-0.39, 0.29) is 29.2 Å². The van der Waals surface area contributed by atoms with Gasteiger partial charge >= 0.3 is 11.7 Å². The molecule has 1 saturated heterocycles. The molecule has 1 aromatic rings. The van der Waals surface area contributed by atoms with Crippen LogP contribution in [0.5, 0.6) is 0 Å². The van der Waals surface area contributed by atoms with Crippen LogP contribution in [-0.2, 0) is 4.74 Å². The SMILES string of the molecule is CC1CN(c2ncc(C(=O)O)cc2[N+](=O)[O-])C(C)CO1. The Morgan fingerprint density at radius 2 is 2.30 bits per heavy atom. The molecular formula is C12H15N3O5. The first-order valence-corrected chi connectivity index (χ1v) is 6.16. The minimum absolute atomic E-state index is 0.0620. The van der Waals surface area contributed by atoms with Gasteiger partial charge in [-0.25, -0.2) is 9.78 Å². The Morgan fingerprint density at radius 1 is 1.60 bits per heavy atom. The molecule has 108 valence electrons. The molecule has 0 saturated carbocycles. The van der Waals surface area contributed by atoms with Crippen molar-refractivity contribution in [1.82, 2.24) is 4.98 Å². The Morgan fingerprint density at radius 3 is 2.90 bits per heavy atom. The molecule has 2 unspecified atom stereocenters. The highest BCUT2D eigenvalue weighted by Crippen LogP contribution is 2.30. The smallest absolute Gasteiger partial charge is 0.337 e. The van der Waals surface area contributed by atoms with Gasteiger partial charge < -0.3 is 14.7 Å². The molecule has 1 aliphatic heterocycles. The molecule has 0 radical (unpaired) electrons. The van der Waals surface area contributed by atoms with Crippen LogP contribution in [-0.4, -0.2) is 46.3 Å². The van der Waals surface area contributed by atoms with E-state index in [1.165, 1.54) is 0 Å². The largest absolute Gasteiger partial charge is 0.478 e. The van der Waals surface area contributed by atoms with Crippen molar-refractivity contribution in [2.75, 3.05) is 18.1 Å². The molecule has 2 atom stereocenters. The van der Waals surface area contributed by atoms with Crippen LogP contribution in [0.3, 0.4) is 0 Å².